The van der Waals surface area contributed by atoms with Gasteiger partial charge in [0.1, 0.15) is 0 Å². The van der Waals surface area contributed by atoms with E-state index in [1.807, 2.05) is 0 Å². The zero-order chi connectivity index (χ0) is 15.8. The van der Waals surface area contributed by atoms with Crippen LogP contribution in [0.25, 0.3) is 0 Å². The van der Waals surface area contributed by atoms with Crippen molar-refractivity contribution in [3.63, 3.8) is 0 Å². The molecule has 118 valence electrons. The monoisotopic (exact) mass is 316 g/mol. The quantitative estimate of drug-likeness (QED) is 0.806. The van der Waals surface area contributed by atoms with E-state index in [0.29, 0.717) is 6.54 Å². The maximum absolute atomic E-state index is 12.4. The highest BCUT2D eigenvalue weighted by Gasteiger charge is 2.45. The number of carboxylic acid groups (broad SMARTS) is 1. The minimum atomic E-state index is -3.62. The van der Waals surface area contributed by atoms with E-state index in [1.165, 1.54) is 15.7 Å². The van der Waals surface area contributed by atoms with Gasteiger partial charge in [-0.15, -0.1) is 0 Å². The van der Waals surface area contributed by atoms with Crippen LogP contribution >= 0.6 is 0 Å². The highest BCUT2D eigenvalue weighted by molar-refractivity contribution is 7.86. The fourth-order valence-corrected chi connectivity index (χ4v) is 4.01. The molecule has 1 N–H and O–H groups in total. The number of aliphatic carboxylic acids is 1. The number of nitrogens with zero attached hydrogens (tertiary/aromatic N) is 4. The van der Waals surface area contributed by atoms with Crippen molar-refractivity contribution in [2.45, 2.75) is 12.8 Å². The molecule has 2 atom stereocenters. The Morgan fingerprint density at radius 2 is 2.19 bits per heavy atom. The molecule has 1 aromatic rings. The van der Waals surface area contributed by atoms with Crippen molar-refractivity contribution < 1.29 is 18.3 Å². The van der Waals surface area contributed by atoms with Crippen LogP contribution in [0.4, 0.5) is 0 Å². The number of aromatic nitrogens is 2. The highest BCUT2D eigenvalue weighted by atomic mass is 32.2. The van der Waals surface area contributed by atoms with E-state index in [1.54, 1.807) is 31.1 Å². The van der Waals surface area contributed by atoms with Crippen LogP contribution in [0.1, 0.15) is 18.5 Å². The summed E-state index contributed by atoms with van der Waals surface area (Å²) in [5.41, 5.74) is 0.735. The summed E-state index contributed by atoms with van der Waals surface area (Å²) in [6.45, 7) is 2.22. The summed E-state index contributed by atoms with van der Waals surface area (Å²) in [6.07, 6.45) is 3.18. The molecule has 21 heavy (non-hydrogen) atoms. The lowest BCUT2D eigenvalue weighted by Crippen LogP contribution is -2.40. The lowest BCUT2D eigenvalue weighted by molar-refractivity contribution is -0.141. The fraction of sp³-hybridized carbons (Fsp3) is 0.667. The molecular formula is C12H20N4O4S. The van der Waals surface area contributed by atoms with Crippen molar-refractivity contribution in [1.82, 2.24) is 18.2 Å². The van der Waals surface area contributed by atoms with Gasteiger partial charge in [0.15, 0.2) is 0 Å². The first kappa shape index (κ1) is 15.9. The number of aryl methyl sites for hydroxylation is 1. The van der Waals surface area contributed by atoms with Gasteiger partial charge in [-0.2, -0.15) is 17.0 Å². The second-order valence-corrected chi connectivity index (χ2v) is 7.25. The molecule has 0 spiro atoms. The lowest BCUT2D eigenvalue weighted by Gasteiger charge is -2.22. The van der Waals surface area contributed by atoms with Crippen LogP contribution in [0.15, 0.2) is 12.5 Å². The molecule has 1 aliphatic rings. The third kappa shape index (κ3) is 2.81. The van der Waals surface area contributed by atoms with Gasteiger partial charge in [-0.05, 0) is 0 Å². The van der Waals surface area contributed by atoms with Gasteiger partial charge in [-0.1, -0.05) is 6.92 Å². The van der Waals surface area contributed by atoms with E-state index in [2.05, 4.69) is 4.98 Å². The van der Waals surface area contributed by atoms with Gasteiger partial charge in [-0.25, -0.2) is 4.98 Å². The number of hydrogen-bond donors (Lipinski definition) is 1. The van der Waals surface area contributed by atoms with Crippen molar-refractivity contribution in [3.05, 3.63) is 18.2 Å². The molecule has 9 heteroatoms. The van der Waals surface area contributed by atoms with E-state index >= 15 is 0 Å². The van der Waals surface area contributed by atoms with Crippen LogP contribution in [0.2, 0.25) is 0 Å². The Labute approximate surface area is 124 Å². The number of imidazole rings is 1. The third-order valence-electron chi connectivity index (χ3n) is 4.00. The average molecular weight is 316 g/mol. The van der Waals surface area contributed by atoms with Crippen molar-refractivity contribution in [2.24, 2.45) is 13.0 Å². The smallest absolute Gasteiger partial charge is 0.308 e. The molecule has 2 heterocycles. The Balaban J connectivity index is 2.32. The van der Waals surface area contributed by atoms with Crippen LogP contribution in [-0.2, 0) is 22.1 Å². The van der Waals surface area contributed by atoms with Crippen LogP contribution in [0, 0.1) is 5.92 Å². The summed E-state index contributed by atoms with van der Waals surface area (Å²) in [7, 11) is -0.355. The molecule has 8 nitrogen and oxygen atoms in total. The van der Waals surface area contributed by atoms with E-state index in [0.717, 1.165) is 5.69 Å². The molecule has 2 rings (SSSR count). The maximum Gasteiger partial charge on any atom is 0.308 e. The summed E-state index contributed by atoms with van der Waals surface area (Å²) < 4.78 is 28.9. The Morgan fingerprint density at radius 1 is 1.52 bits per heavy atom. The summed E-state index contributed by atoms with van der Waals surface area (Å²) in [4.78, 5) is 15.5. The Hall–Kier alpha value is -1.45. The standard InChI is InChI=1S/C12H20N4O4S/c1-4-15(3)21(19,20)16-6-9(10(7-16)12(17)18)11-5-13-8-14(11)2/h5,8-10H,4,6-7H2,1-3H3,(H,17,18)/t9-,10-/m0/s1. The SMILES string of the molecule is CCN(C)S(=O)(=O)N1C[C@H](C(=O)O)[C@@H](c2cncn2C)C1. The fourth-order valence-electron chi connectivity index (χ4n) is 2.59. The Morgan fingerprint density at radius 3 is 2.67 bits per heavy atom. The van der Waals surface area contributed by atoms with Gasteiger partial charge >= 0.3 is 5.97 Å². The van der Waals surface area contributed by atoms with Gasteiger partial charge < -0.3 is 9.67 Å². The van der Waals surface area contributed by atoms with Gasteiger partial charge in [0.05, 0.1) is 12.2 Å². The predicted octanol–water partition coefficient (Wildman–Crippen LogP) is -0.283. The van der Waals surface area contributed by atoms with E-state index in [9.17, 15) is 18.3 Å². The second kappa shape index (κ2) is 5.74. The molecule has 0 bridgehead atoms. The second-order valence-electron chi connectivity index (χ2n) is 5.22. The largest absolute Gasteiger partial charge is 0.481 e. The van der Waals surface area contributed by atoms with Gasteiger partial charge in [0, 0.05) is 51.5 Å². The summed E-state index contributed by atoms with van der Waals surface area (Å²) in [6, 6.07) is 0. The average Bonchev–Trinajstić information content (AvgIpc) is 3.03. The number of carboxylic acids is 1. The number of hydrogen-bond acceptors (Lipinski definition) is 4. The first-order valence-electron chi connectivity index (χ1n) is 6.69. The molecule has 0 saturated carbocycles. The van der Waals surface area contributed by atoms with Crippen molar-refractivity contribution in [2.75, 3.05) is 26.7 Å². The molecule has 0 aromatic carbocycles. The first-order valence-corrected chi connectivity index (χ1v) is 8.09. The Kier molecular flexibility index (Phi) is 4.35. The molecule has 1 aromatic heterocycles. The minimum absolute atomic E-state index is 0.0160. The lowest BCUT2D eigenvalue weighted by atomic mass is 9.93. The number of carbonyl (C=O) groups is 1. The summed E-state index contributed by atoms with van der Waals surface area (Å²) in [5.74, 6) is -2.14. The Bertz CT molecular complexity index is 627. The van der Waals surface area contributed by atoms with E-state index in [4.69, 9.17) is 0 Å². The van der Waals surface area contributed by atoms with Crippen LogP contribution in [0.5, 0.6) is 0 Å². The van der Waals surface area contributed by atoms with Gasteiger partial charge in [0.2, 0.25) is 0 Å². The molecule has 0 aliphatic carbocycles. The number of rotatable bonds is 5. The van der Waals surface area contributed by atoms with Crippen LogP contribution in [0.3, 0.4) is 0 Å². The van der Waals surface area contributed by atoms with Gasteiger partial charge in [-0.3, -0.25) is 4.79 Å². The summed E-state index contributed by atoms with van der Waals surface area (Å²) >= 11 is 0. The van der Waals surface area contributed by atoms with Gasteiger partial charge in [0.25, 0.3) is 10.2 Å². The van der Waals surface area contributed by atoms with Crippen molar-refractivity contribution in [3.8, 4) is 0 Å². The first-order chi connectivity index (χ1) is 9.78. The van der Waals surface area contributed by atoms with Crippen molar-refractivity contribution in [1.29, 1.82) is 0 Å². The molecule has 1 fully saturated rings. The summed E-state index contributed by atoms with van der Waals surface area (Å²) in [5, 5.41) is 9.39. The zero-order valence-electron chi connectivity index (χ0n) is 12.3. The highest BCUT2D eigenvalue weighted by Crippen LogP contribution is 2.34. The van der Waals surface area contributed by atoms with Crippen molar-refractivity contribution >= 4 is 16.2 Å². The molecule has 1 saturated heterocycles. The van der Waals surface area contributed by atoms with E-state index in [-0.39, 0.29) is 13.1 Å². The molecule has 0 radical (unpaired) electrons. The minimum Gasteiger partial charge on any atom is -0.481 e. The normalized spacial score (nSPS) is 23.8. The molecular weight excluding hydrogens is 296 g/mol. The van der Waals surface area contributed by atoms with Crippen LogP contribution in [-0.4, -0.2) is 64.3 Å². The topological polar surface area (TPSA) is 95.7 Å². The maximum atomic E-state index is 12.4. The van der Waals surface area contributed by atoms with E-state index < -0.39 is 28.0 Å². The molecule has 0 unspecified atom stereocenters. The predicted molar refractivity (Wildman–Crippen MR) is 75.9 cm³/mol. The zero-order valence-corrected chi connectivity index (χ0v) is 13.1. The molecule has 1 aliphatic heterocycles. The third-order valence-corrected chi connectivity index (χ3v) is 6.00. The van der Waals surface area contributed by atoms with Crippen LogP contribution < -0.4 is 0 Å². The molecule has 0 amide bonds.